The Bertz CT molecular complexity index is 1800. The number of carboxylic acid groups (broad SMARTS) is 1. The summed E-state index contributed by atoms with van der Waals surface area (Å²) in [4.78, 5) is 37.2. The van der Waals surface area contributed by atoms with E-state index >= 15 is 0 Å². The lowest BCUT2D eigenvalue weighted by Crippen LogP contribution is -2.55. The van der Waals surface area contributed by atoms with Crippen molar-refractivity contribution in [1.29, 1.82) is 0 Å². The summed E-state index contributed by atoms with van der Waals surface area (Å²) in [6.45, 7) is 4.09. The van der Waals surface area contributed by atoms with Crippen LogP contribution in [0.2, 0.25) is 0 Å². The smallest absolute Gasteiger partial charge is 0.435 e. The van der Waals surface area contributed by atoms with Gasteiger partial charge in [0, 0.05) is 18.2 Å². The molecule has 1 heterocycles. The van der Waals surface area contributed by atoms with E-state index in [2.05, 4.69) is 10.4 Å². The number of carbonyl (C=O) groups is 3. The van der Waals surface area contributed by atoms with Crippen molar-refractivity contribution in [2.75, 3.05) is 24.4 Å². The molecule has 0 aliphatic heterocycles. The van der Waals surface area contributed by atoms with Gasteiger partial charge in [-0.05, 0) is 87.4 Å². The number of Topliss-reactive ketones (excluding diaryl/α,β-unsaturated/α-hetero) is 1. The fourth-order valence-electron chi connectivity index (χ4n) is 6.38. The van der Waals surface area contributed by atoms with Crippen LogP contribution in [0.5, 0.6) is 0 Å². The maximum Gasteiger partial charge on any atom is 0.435 e. The van der Waals surface area contributed by atoms with Gasteiger partial charge in [0.05, 0.1) is 35.0 Å². The number of primary amides is 1. The van der Waals surface area contributed by atoms with Crippen molar-refractivity contribution in [3.05, 3.63) is 40.7 Å². The summed E-state index contributed by atoms with van der Waals surface area (Å²) in [5.41, 5.74) is 14.9. The van der Waals surface area contributed by atoms with Gasteiger partial charge in [-0.3, -0.25) is 23.5 Å². The number of ketones is 1. The molecular weight excluding hydrogens is 738 g/mol. The first-order valence-corrected chi connectivity index (χ1v) is 19.8. The third-order valence-electron chi connectivity index (χ3n) is 8.58. The molecule has 1 fully saturated rings. The minimum Gasteiger partial charge on any atom is -0.480 e. The number of carboxylic acids is 1. The normalized spacial score (nSPS) is 19.9. The van der Waals surface area contributed by atoms with Crippen LogP contribution in [0.4, 0.5) is 18.9 Å². The topological polar surface area (TPSA) is 288 Å². The average Bonchev–Trinajstić information content (AvgIpc) is 3.35. The lowest BCUT2D eigenvalue weighted by atomic mass is 9.71. The van der Waals surface area contributed by atoms with E-state index in [9.17, 15) is 49.5 Å². The van der Waals surface area contributed by atoms with E-state index in [0.29, 0.717) is 69.7 Å². The van der Waals surface area contributed by atoms with Crippen LogP contribution in [-0.2, 0) is 37.6 Å². The van der Waals surface area contributed by atoms with E-state index < -0.39 is 66.3 Å². The number of nitrogens with one attached hydrogen (secondary N) is 1. The summed E-state index contributed by atoms with van der Waals surface area (Å²) in [7, 11) is -7.33. The molecule has 1 aromatic carbocycles. The van der Waals surface area contributed by atoms with Gasteiger partial charge in [0.2, 0.25) is 0 Å². The number of anilines is 1. The number of hydrogen-bond donors (Lipinski definition) is 7. The van der Waals surface area contributed by atoms with Crippen molar-refractivity contribution < 1.29 is 58.6 Å². The zero-order valence-electron chi connectivity index (χ0n) is 29.2. The van der Waals surface area contributed by atoms with Crippen LogP contribution >= 0.6 is 0 Å². The van der Waals surface area contributed by atoms with Crippen molar-refractivity contribution in [2.45, 2.75) is 89.4 Å². The highest BCUT2D eigenvalue weighted by Gasteiger charge is 2.46. The van der Waals surface area contributed by atoms with Crippen LogP contribution in [0.1, 0.15) is 97.3 Å². The number of aromatic nitrogens is 2. The molecule has 4 rings (SSSR count). The van der Waals surface area contributed by atoms with Crippen molar-refractivity contribution in [1.82, 2.24) is 9.78 Å². The summed E-state index contributed by atoms with van der Waals surface area (Å²) in [5, 5.41) is 17.0. The molecule has 1 saturated carbocycles. The van der Waals surface area contributed by atoms with Gasteiger partial charge in [-0.15, -0.1) is 0 Å². The summed E-state index contributed by atoms with van der Waals surface area (Å²) in [5.74, 6) is -2.62. The number of halogens is 3. The first-order chi connectivity index (χ1) is 23.6. The number of fused-ring (bicyclic) bond motifs is 1. The zero-order valence-corrected chi connectivity index (χ0v) is 30.9. The Morgan fingerprint density at radius 3 is 2.02 bits per heavy atom. The van der Waals surface area contributed by atoms with E-state index in [4.69, 9.17) is 26.3 Å². The monoisotopic (exact) mass is 784 g/mol. The molecule has 2 aromatic rings. The molecular formula is C31H47F3N6O10S2. The summed E-state index contributed by atoms with van der Waals surface area (Å²) >= 11 is 0. The third-order valence-corrected chi connectivity index (χ3v) is 8.58. The third kappa shape index (κ3) is 13.1. The highest BCUT2D eigenvalue weighted by molar-refractivity contribution is 7.85. The van der Waals surface area contributed by atoms with Crippen molar-refractivity contribution in [3.8, 4) is 5.69 Å². The molecule has 2 aliphatic rings. The first kappa shape index (κ1) is 44.5. The second-order valence-corrected chi connectivity index (χ2v) is 16.8. The maximum absolute atomic E-state index is 13.9. The Labute approximate surface area is 300 Å². The van der Waals surface area contributed by atoms with E-state index in [0.717, 1.165) is 4.68 Å². The molecule has 16 nitrogen and oxygen atoms in total. The number of nitrogens with two attached hydrogens (primary N) is 3. The Balaban J connectivity index is 0.000000825. The second-order valence-electron chi connectivity index (χ2n) is 13.9. The van der Waals surface area contributed by atoms with Crippen molar-refractivity contribution >= 4 is 43.6 Å². The average molecular weight is 785 g/mol. The standard InChI is InChI=1S/C29H39F3N6O4.2CH4O3S/c1-27(2)14-21-23(22(39)15-27)24(29(30,31)32)37-38(21)18-9-10-19(25(34)40)20(13-18)36-17-7-5-16(6-8-17)28(35,26(41)42)11-3-4-12-33;2*1-5(2,3)4/h9-10,13,16-17,36H,3-8,11-12,14-15,33,35H2,1-2H3,(H2,34,40)(H,41,42);2*1H3,(H,2,3,4)/t16?,17?,28-;;/m0../s1. The zero-order chi connectivity index (χ0) is 40.0. The number of hydrogen-bond acceptors (Lipinski definition) is 11. The minimum atomic E-state index is -4.82. The van der Waals surface area contributed by atoms with Gasteiger partial charge in [-0.2, -0.15) is 35.1 Å². The lowest BCUT2D eigenvalue weighted by Gasteiger charge is -2.39. The van der Waals surface area contributed by atoms with E-state index in [-0.39, 0.29) is 41.7 Å². The van der Waals surface area contributed by atoms with Crippen LogP contribution < -0.4 is 22.5 Å². The van der Waals surface area contributed by atoms with E-state index in [1.54, 1.807) is 0 Å². The van der Waals surface area contributed by atoms with Crippen molar-refractivity contribution in [2.24, 2.45) is 28.5 Å². The molecule has 10 N–H and O–H groups in total. The molecule has 1 amide bonds. The van der Waals surface area contributed by atoms with Gasteiger partial charge < -0.3 is 27.6 Å². The van der Waals surface area contributed by atoms with Gasteiger partial charge in [-0.1, -0.05) is 13.8 Å². The number of benzene rings is 1. The molecule has 294 valence electrons. The van der Waals surface area contributed by atoms with E-state index in [1.165, 1.54) is 18.2 Å². The number of alkyl halides is 3. The van der Waals surface area contributed by atoms with Gasteiger partial charge in [0.15, 0.2) is 11.5 Å². The largest absolute Gasteiger partial charge is 0.480 e. The molecule has 2 aliphatic carbocycles. The predicted octanol–water partition coefficient (Wildman–Crippen LogP) is 3.03. The number of carbonyl (C=O) groups excluding carboxylic acids is 2. The van der Waals surface area contributed by atoms with Crippen LogP contribution in [-0.4, -0.2) is 89.1 Å². The molecule has 1 atom stereocenters. The SMILES string of the molecule is CC1(C)CC(=O)c2c(C(F)(F)F)nn(-c3ccc(C(N)=O)c(NC4CCC([C@@](N)(CCCCN)C(=O)O)CC4)c3)c2C1.CS(=O)(=O)O.CS(=O)(=O)O. The number of rotatable bonds is 10. The lowest BCUT2D eigenvalue weighted by molar-refractivity contribution is -0.146. The highest BCUT2D eigenvalue weighted by atomic mass is 32.2. The molecule has 52 heavy (non-hydrogen) atoms. The quantitative estimate of drug-likeness (QED) is 0.135. The number of aliphatic carboxylic acids is 1. The Morgan fingerprint density at radius 2 is 1.56 bits per heavy atom. The van der Waals surface area contributed by atoms with Gasteiger partial charge in [-0.25, -0.2) is 4.68 Å². The minimum absolute atomic E-state index is 0.0240. The maximum atomic E-state index is 13.9. The van der Waals surface area contributed by atoms with Crippen LogP contribution in [0, 0.1) is 11.3 Å². The summed E-state index contributed by atoms with van der Waals surface area (Å²) in [6, 6.07) is 4.24. The summed E-state index contributed by atoms with van der Waals surface area (Å²) < 4.78 is 94.7. The molecule has 1 aromatic heterocycles. The molecule has 0 unspecified atom stereocenters. The van der Waals surface area contributed by atoms with Crippen LogP contribution in [0.25, 0.3) is 5.69 Å². The van der Waals surface area contributed by atoms with Crippen LogP contribution in [0.3, 0.4) is 0 Å². The fourth-order valence-corrected chi connectivity index (χ4v) is 6.38. The molecule has 0 saturated heterocycles. The second kappa shape index (κ2) is 17.0. The van der Waals surface area contributed by atoms with Gasteiger partial charge in [0.25, 0.3) is 26.1 Å². The Hall–Kier alpha value is -3.63. The fraction of sp³-hybridized carbons (Fsp3) is 0.613. The first-order valence-electron chi connectivity index (χ1n) is 16.1. The molecule has 0 spiro atoms. The van der Waals surface area contributed by atoms with Gasteiger partial charge >= 0.3 is 12.1 Å². The number of nitrogens with zero attached hydrogens (tertiary/aromatic N) is 2. The Morgan fingerprint density at radius 1 is 1.02 bits per heavy atom. The number of amides is 1. The number of unbranched alkanes of at least 4 members (excludes halogenated alkanes) is 1. The van der Waals surface area contributed by atoms with E-state index in [1.807, 2.05) is 13.8 Å². The van der Waals surface area contributed by atoms with Gasteiger partial charge in [0.1, 0.15) is 5.54 Å². The Kier molecular flexibility index (Phi) is 14.6. The van der Waals surface area contributed by atoms with Crippen molar-refractivity contribution in [3.63, 3.8) is 0 Å². The highest BCUT2D eigenvalue weighted by Crippen LogP contribution is 2.42. The predicted molar refractivity (Wildman–Crippen MR) is 185 cm³/mol. The summed E-state index contributed by atoms with van der Waals surface area (Å²) in [6.07, 6.45) is 0.610. The molecule has 21 heteroatoms. The molecule has 0 bridgehead atoms. The molecule has 0 radical (unpaired) electrons. The van der Waals surface area contributed by atoms with Crippen LogP contribution in [0.15, 0.2) is 18.2 Å².